The minimum atomic E-state index is -0.651. The lowest BCUT2D eigenvalue weighted by Crippen LogP contribution is -2.56. The van der Waals surface area contributed by atoms with E-state index in [0.717, 1.165) is 22.6 Å². The number of rotatable bonds is 3. The van der Waals surface area contributed by atoms with Crippen LogP contribution in [0.4, 0.5) is 0 Å². The van der Waals surface area contributed by atoms with E-state index >= 15 is 0 Å². The topological polar surface area (TPSA) is 77.5 Å². The zero-order chi connectivity index (χ0) is 14.9. The van der Waals surface area contributed by atoms with Gasteiger partial charge >= 0.3 is 0 Å². The summed E-state index contributed by atoms with van der Waals surface area (Å²) in [6.45, 7) is 1.92. The first kappa shape index (κ1) is 13.8. The van der Waals surface area contributed by atoms with Crippen LogP contribution in [0.15, 0.2) is 64.2 Å². The van der Waals surface area contributed by atoms with Crippen LogP contribution in [0.2, 0.25) is 0 Å². The molecule has 108 valence electrons. The molecule has 1 aliphatic heterocycles. The maximum Gasteiger partial charge on any atom is 0.133 e. The predicted octanol–water partition coefficient (Wildman–Crippen LogP) is 2.50. The third-order valence-electron chi connectivity index (χ3n) is 3.77. The zero-order valence-electron chi connectivity index (χ0n) is 12.0. The van der Waals surface area contributed by atoms with Gasteiger partial charge in [0.1, 0.15) is 11.9 Å². The molecule has 1 aromatic heterocycles. The number of nitrogens with zero attached hydrogens (tertiary/aromatic N) is 1. The van der Waals surface area contributed by atoms with Crippen molar-refractivity contribution in [3.63, 3.8) is 0 Å². The highest BCUT2D eigenvalue weighted by atomic mass is 16.3. The Morgan fingerprint density at radius 2 is 2.14 bits per heavy atom. The van der Waals surface area contributed by atoms with E-state index in [1.54, 1.807) is 6.26 Å². The highest BCUT2D eigenvalue weighted by molar-refractivity contribution is 5.94. The van der Waals surface area contributed by atoms with Gasteiger partial charge in [0.2, 0.25) is 0 Å². The molecule has 0 bridgehead atoms. The molecule has 0 spiro atoms. The molecule has 2 atom stereocenters. The fourth-order valence-electron chi connectivity index (χ4n) is 2.55. The fraction of sp³-hybridized carbons (Fsp3) is 0.235. The van der Waals surface area contributed by atoms with Crippen LogP contribution >= 0.6 is 0 Å². The molecule has 0 radical (unpaired) electrons. The van der Waals surface area contributed by atoms with Crippen molar-refractivity contribution in [3.05, 3.63) is 60.4 Å². The van der Waals surface area contributed by atoms with Crippen molar-refractivity contribution in [2.24, 2.45) is 16.5 Å². The first-order valence-electron chi connectivity index (χ1n) is 6.98. The van der Waals surface area contributed by atoms with Crippen molar-refractivity contribution >= 4 is 5.71 Å². The van der Waals surface area contributed by atoms with E-state index < -0.39 is 11.7 Å². The van der Waals surface area contributed by atoms with Gasteiger partial charge in [-0.25, -0.2) is 0 Å². The Kier molecular flexibility index (Phi) is 3.49. The molecule has 4 nitrogen and oxygen atoms in total. The molecule has 0 saturated heterocycles. The molecule has 21 heavy (non-hydrogen) atoms. The molecule has 4 heteroatoms. The average Bonchev–Trinajstić information content (AvgIpc) is 2.98. The Morgan fingerprint density at radius 1 is 1.29 bits per heavy atom. The van der Waals surface area contributed by atoms with Crippen molar-refractivity contribution in [2.75, 3.05) is 0 Å². The molecular weight excluding hydrogens is 262 g/mol. The van der Waals surface area contributed by atoms with Gasteiger partial charge in [0.05, 0.1) is 11.8 Å². The number of furan rings is 1. The summed E-state index contributed by atoms with van der Waals surface area (Å²) in [7, 11) is 0. The van der Waals surface area contributed by atoms with Crippen LogP contribution in [0.25, 0.3) is 11.3 Å². The summed E-state index contributed by atoms with van der Waals surface area (Å²) < 4.78 is 5.43. The number of hydrogen-bond acceptors (Lipinski definition) is 4. The SMILES string of the molecule is CC1=NC(N)C(N)(Cc2cccc(-c3ccco3)c2)C=C1. The molecule has 0 fully saturated rings. The molecule has 2 unspecified atom stereocenters. The van der Waals surface area contributed by atoms with Crippen LogP contribution in [-0.4, -0.2) is 17.4 Å². The van der Waals surface area contributed by atoms with Gasteiger partial charge in [-0.2, -0.15) is 0 Å². The summed E-state index contributed by atoms with van der Waals surface area (Å²) in [6, 6.07) is 12.0. The van der Waals surface area contributed by atoms with Crippen LogP contribution in [0.1, 0.15) is 12.5 Å². The normalized spacial score (nSPS) is 24.9. The van der Waals surface area contributed by atoms with E-state index in [4.69, 9.17) is 15.9 Å². The minimum absolute atomic E-state index is 0.422. The van der Waals surface area contributed by atoms with E-state index in [1.807, 2.05) is 49.4 Å². The third-order valence-corrected chi connectivity index (χ3v) is 3.77. The Morgan fingerprint density at radius 3 is 2.86 bits per heavy atom. The lowest BCUT2D eigenvalue weighted by Gasteiger charge is -2.32. The number of benzene rings is 1. The minimum Gasteiger partial charge on any atom is -0.464 e. The molecule has 1 aliphatic rings. The Balaban J connectivity index is 1.86. The van der Waals surface area contributed by atoms with Crippen molar-refractivity contribution in [1.29, 1.82) is 0 Å². The second-order valence-electron chi connectivity index (χ2n) is 5.52. The van der Waals surface area contributed by atoms with Crippen LogP contribution < -0.4 is 11.5 Å². The van der Waals surface area contributed by atoms with Gasteiger partial charge in [-0.3, -0.25) is 4.99 Å². The summed E-state index contributed by atoms with van der Waals surface area (Å²) in [5.41, 5.74) is 14.9. The van der Waals surface area contributed by atoms with Crippen molar-refractivity contribution in [1.82, 2.24) is 0 Å². The van der Waals surface area contributed by atoms with Crippen molar-refractivity contribution in [2.45, 2.75) is 25.0 Å². The summed E-state index contributed by atoms with van der Waals surface area (Å²) >= 11 is 0. The standard InChI is InChI=1S/C17H19N3O/c1-12-7-8-17(19,16(18)20-12)11-13-4-2-5-14(10-13)15-6-3-9-21-15/h2-10,16H,11,18-19H2,1H3. The lowest BCUT2D eigenvalue weighted by atomic mass is 9.86. The van der Waals surface area contributed by atoms with Gasteiger partial charge in [0, 0.05) is 11.3 Å². The number of aliphatic imine (C=N–C) groups is 1. The van der Waals surface area contributed by atoms with E-state index in [9.17, 15) is 0 Å². The molecule has 2 heterocycles. The number of nitrogens with two attached hydrogens (primary N) is 2. The maximum absolute atomic E-state index is 6.42. The average molecular weight is 281 g/mol. The van der Waals surface area contributed by atoms with Gasteiger partial charge in [0.25, 0.3) is 0 Å². The largest absolute Gasteiger partial charge is 0.464 e. The van der Waals surface area contributed by atoms with E-state index in [2.05, 4.69) is 11.1 Å². The molecule has 2 aromatic rings. The number of dihydropyridines is 1. The summed E-state index contributed by atoms with van der Waals surface area (Å²) in [6.07, 6.45) is 5.77. The molecule has 0 saturated carbocycles. The number of hydrogen-bond donors (Lipinski definition) is 2. The lowest BCUT2D eigenvalue weighted by molar-refractivity contribution is 0.424. The Labute approximate surface area is 124 Å². The smallest absolute Gasteiger partial charge is 0.133 e. The second kappa shape index (κ2) is 5.31. The zero-order valence-corrected chi connectivity index (χ0v) is 12.0. The quantitative estimate of drug-likeness (QED) is 0.907. The fourth-order valence-corrected chi connectivity index (χ4v) is 2.55. The van der Waals surface area contributed by atoms with Gasteiger partial charge in [-0.05, 0) is 43.2 Å². The van der Waals surface area contributed by atoms with Gasteiger partial charge in [-0.1, -0.05) is 24.3 Å². The molecule has 4 N–H and O–H groups in total. The van der Waals surface area contributed by atoms with Gasteiger partial charge in [-0.15, -0.1) is 0 Å². The highest BCUT2D eigenvalue weighted by Crippen LogP contribution is 2.25. The number of allylic oxidation sites excluding steroid dienone is 1. The van der Waals surface area contributed by atoms with Crippen LogP contribution in [-0.2, 0) is 6.42 Å². The second-order valence-corrected chi connectivity index (χ2v) is 5.52. The van der Waals surface area contributed by atoms with Crippen molar-refractivity contribution in [3.8, 4) is 11.3 Å². The van der Waals surface area contributed by atoms with E-state index in [0.29, 0.717) is 6.42 Å². The molecule has 3 rings (SSSR count). The Hall–Kier alpha value is -2.17. The first-order chi connectivity index (χ1) is 10.1. The van der Waals surface area contributed by atoms with E-state index in [1.165, 1.54) is 0 Å². The molecular formula is C17H19N3O. The highest BCUT2D eigenvalue weighted by Gasteiger charge is 2.32. The van der Waals surface area contributed by atoms with Crippen molar-refractivity contribution < 1.29 is 4.42 Å². The van der Waals surface area contributed by atoms with Crippen LogP contribution in [0, 0.1) is 0 Å². The monoisotopic (exact) mass is 281 g/mol. The van der Waals surface area contributed by atoms with E-state index in [-0.39, 0.29) is 0 Å². The maximum atomic E-state index is 6.42. The first-order valence-corrected chi connectivity index (χ1v) is 6.98. The van der Waals surface area contributed by atoms with Crippen LogP contribution in [0.3, 0.4) is 0 Å². The van der Waals surface area contributed by atoms with Gasteiger partial charge < -0.3 is 15.9 Å². The third kappa shape index (κ3) is 2.82. The summed E-state index contributed by atoms with van der Waals surface area (Å²) in [5, 5.41) is 0. The summed E-state index contributed by atoms with van der Waals surface area (Å²) in [4.78, 5) is 4.37. The predicted molar refractivity (Wildman–Crippen MR) is 85.0 cm³/mol. The van der Waals surface area contributed by atoms with Crippen LogP contribution in [0.5, 0.6) is 0 Å². The Bertz CT molecular complexity index is 688. The summed E-state index contributed by atoms with van der Waals surface area (Å²) in [5.74, 6) is 0.847. The molecule has 0 aliphatic carbocycles. The van der Waals surface area contributed by atoms with Gasteiger partial charge in [0.15, 0.2) is 0 Å². The molecule has 1 aromatic carbocycles. The molecule has 0 amide bonds.